The van der Waals surface area contributed by atoms with Gasteiger partial charge in [-0.2, -0.15) is 0 Å². The van der Waals surface area contributed by atoms with Crippen molar-refractivity contribution >= 4 is 0 Å². The van der Waals surface area contributed by atoms with Gasteiger partial charge in [0.2, 0.25) is 0 Å². The van der Waals surface area contributed by atoms with Crippen molar-refractivity contribution in [2.24, 2.45) is 0 Å². The standard InChI is InChI=1S/C12H22N2/c1-14(12-9-3-2-4-10-12)13-11-7-5-6-8-11/h3,9,11-13H,2,4-8,10H2,1H3. The Morgan fingerprint density at radius 3 is 2.57 bits per heavy atom. The summed E-state index contributed by atoms with van der Waals surface area (Å²) in [5, 5.41) is 2.33. The number of hydrogen-bond acceptors (Lipinski definition) is 2. The van der Waals surface area contributed by atoms with E-state index in [1.54, 1.807) is 0 Å². The molecule has 2 nitrogen and oxygen atoms in total. The van der Waals surface area contributed by atoms with Crippen LogP contribution in [0.25, 0.3) is 0 Å². The maximum absolute atomic E-state index is 3.63. The van der Waals surface area contributed by atoms with E-state index in [0.29, 0.717) is 6.04 Å². The van der Waals surface area contributed by atoms with Crippen LogP contribution < -0.4 is 5.43 Å². The zero-order chi connectivity index (χ0) is 9.80. The third-order valence-electron chi connectivity index (χ3n) is 3.47. The van der Waals surface area contributed by atoms with E-state index in [1.807, 2.05) is 0 Å². The number of nitrogens with zero attached hydrogens (tertiary/aromatic N) is 1. The fourth-order valence-corrected chi connectivity index (χ4v) is 2.56. The predicted octanol–water partition coefficient (Wildman–Crippen LogP) is 2.47. The molecule has 0 aromatic carbocycles. The maximum atomic E-state index is 3.63. The molecule has 0 amide bonds. The molecule has 2 rings (SSSR count). The smallest absolute Gasteiger partial charge is 0.0420 e. The molecule has 0 radical (unpaired) electrons. The highest BCUT2D eigenvalue weighted by Gasteiger charge is 2.19. The summed E-state index contributed by atoms with van der Waals surface area (Å²) >= 11 is 0. The molecule has 2 aliphatic rings. The summed E-state index contributed by atoms with van der Waals surface area (Å²) in [4.78, 5) is 0. The number of hydrazine groups is 1. The minimum atomic E-state index is 0.629. The first-order valence-electron chi connectivity index (χ1n) is 6.02. The van der Waals surface area contributed by atoms with Crippen LogP contribution in [0.3, 0.4) is 0 Å². The van der Waals surface area contributed by atoms with Gasteiger partial charge in [0.1, 0.15) is 0 Å². The molecule has 0 aromatic rings. The second-order valence-corrected chi connectivity index (χ2v) is 4.65. The Morgan fingerprint density at radius 1 is 1.14 bits per heavy atom. The molecule has 2 heteroatoms. The number of nitrogens with one attached hydrogen (secondary N) is 1. The average molecular weight is 194 g/mol. The van der Waals surface area contributed by atoms with Crippen molar-refractivity contribution in [3.8, 4) is 0 Å². The zero-order valence-electron chi connectivity index (χ0n) is 9.21. The Kier molecular flexibility index (Phi) is 3.60. The number of allylic oxidation sites excluding steroid dienone is 1. The fourth-order valence-electron chi connectivity index (χ4n) is 2.56. The lowest BCUT2D eigenvalue weighted by molar-refractivity contribution is 0.152. The number of likely N-dealkylation sites (N-methyl/N-ethyl adjacent to an activating group) is 1. The molecular weight excluding hydrogens is 172 g/mol. The Bertz CT molecular complexity index is 194. The van der Waals surface area contributed by atoms with E-state index in [1.165, 1.54) is 44.9 Å². The first-order valence-corrected chi connectivity index (χ1v) is 6.02. The van der Waals surface area contributed by atoms with Crippen molar-refractivity contribution in [1.29, 1.82) is 0 Å². The van der Waals surface area contributed by atoms with Crippen LogP contribution in [0.4, 0.5) is 0 Å². The quantitative estimate of drug-likeness (QED) is 0.548. The molecule has 0 bridgehead atoms. The second-order valence-electron chi connectivity index (χ2n) is 4.65. The lowest BCUT2D eigenvalue weighted by Crippen LogP contribution is -2.46. The van der Waals surface area contributed by atoms with Gasteiger partial charge in [-0.1, -0.05) is 25.0 Å². The molecule has 1 unspecified atom stereocenters. The topological polar surface area (TPSA) is 15.3 Å². The van der Waals surface area contributed by atoms with Crippen molar-refractivity contribution in [3.63, 3.8) is 0 Å². The maximum Gasteiger partial charge on any atom is 0.0420 e. The van der Waals surface area contributed by atoms with E-state index in [4.69, 9.17) is 0 Å². The summed E-state index contributed by atoms with van der Waals surface area (Å²) < 4.78 is 0. The van der Waals surface area contributed by atoms with Crippen LogP contribution >= 0.6 is 0 Å². The van der Waals surface area contributed by atoms with Gasteiger partial charge in [-0.25, -0.2) is 5.01 Å². The first-order chi connectivity index (χ1) is 6.86. The Morgan fingerprint density at radius 2 is 1.93 bits per heavy atom. The van der Waals surface area contributed by atoms with Gasteiger partial charge in [0.15, 0.2) is 0 Å². The summed E-state index contributed by atoms with van der Waals surface area (Å²) in [5.41, 5.74) is 3.63. The molecular formula is C12H22N2. The van der Waals surface area contributed by atoms with Crippen LogP contribution in [0.2, 0.25) is 0 Å². The van der Waals surface area contributed by atoms with Crippen molar-refractivity contribution in [2.75, 3.05) is 7.05 Å². The van der Waals surface area contributed by atoms with Crippen LogP contribution in [0.1, 0.15) is 44.9 Å². The second kappa shape index (κ2) is 4.94. The highest BCUT2D eigenvalue weighted by Crippen LogP contribution is 2.20. The molecule has 1 atom stereocenters. The predicted molar refractivity (Wildman–Crippen MR) is 59.9 cm³/mol. The van der Waals surface area contributed by atoms with Crippen molar-refractivity contribution in [1.82, 2.24) is 10.4 Å². The molecule has 80 valence electrons. The van der Waals surface area contributed by atoms with E-state index in [2.05, 4.69) is 29.6 Å². The third kappa shape index (κ3) is 2.58. The Labute approximate surface area is 87.3 Å². The molecule has 0 aliphatic heterocycles. The molecule has 1 fully saturated rings. The number of rotatable bonds is 3. The van der Waals surface area contributed by atoms with E-state index in [0.717, 1.165) is 6.04 Å². The SMILES string of the molecule is CN(NC1CCCC1)C1C=CCCC1. The Hall–Kier alpha value is -0.340. The van der Waals surface area contributed by atoms with E-state index >= 15 is 0 Å². The monoisotopic (exact) mass is 194 g/mol. The molecule has 0 heterocycles. The van der Waals surface area contributed by atoms with Crippen LogP contribution in [0, 0.1) is 0 Å². The highest BCUT2D eigenvalue weighted by atomic mass is 15.5. The van der Waals surface area contributed by atoms with Gasteiger partial charge in [0.05, 0.1) is 0 Å². The minimum Gasteiger partial charge on any atom is -0.252 e. The highest BCUT2D eigenvalue weighted by molar-refractivity contribution is 4.97. The normalized spacial score (nSPS) is 28.9. The lowest BCUT2D eigenvalue weighted by atomic mass is 10.0. The van der Waals surface area contributed by atoms with Gasteiger partial charge in [0.25, 0.3) is 0 Å². The largest absolute Gasteiger partial charge is 0.252 e. The average Bonchev–Trinajstić information content (AvgIpc) is 2.72. The molecule has 1 N–H and O–H groups in total. The summed E-state index contributed by atoms with van der Waals surface area (Å²) in [6.45, 7) is 0. The van der Waals surface area contributed by atoms with Crippen LogP contribution in [-0.4, -0.2) is 24.1 Å². The van der Waals surface area contributed by atoms with Gasteiger partial charge < -0.3 is 0 Å². The van der Waals surface area contributed by atoms with Gasteiger partial charge in [0, 0.05) is 19.1 Å². The van der Waals surface area contributed by atoms with E-state index < -0.39 is 0 Å². The molecule has 0 spiro atoms. The fraction of sp³-hybridized carbons (Fsp3) is 0.833. The summed E-state index contributed by atoms with van der Waals surface area (Å²) in [5.74, 6) is 0. The van der Waals surface area contributed by atoms with E-state index in [-0.39, 0.29) is 0 Å². The van der Waals surface area contributed by atoms with Crippen LogP contribution in [-0.2, 0) is 0 Å². The van der Waals surface area contributed by atoms with Crippen molar-refractivity contribution in [3.05, 3.63) is 12.2 Å². The van der Waals surface area contributed by atoms with Crippen LogP contribution in [0.5, 0.6) is 0 Å². The minimum absolute atomic E-state index is 0.629. The van der Waals surface area contributed by atoms with Crippen LogP contribution in [0.15, 0.2) is 12.2 Å². The van der Waals surface area contributed by atoms with Crippen molar-refractivity contribution in [2.45, 2.75) is 57.0 Å². The molecule has 1 saturated carbocycles. The lowest BCUT2D eigenvalue weighted by Gasteiger charge is -2.30. The zero-order valence-corrected chi connectivity index (χ0v) is 9.21. The summed E-state index contributed by atoms with van der Waals surface area (Å²) in [7, 11) is 2.19. The Balaban J connectivity index is 1.78. The van der Waals surface area contributed by atoms with Crippen molar-refractivity contribution < 1.29 is 0 Å². The molecule has 14 heavy (non-hydrogen) atoms. The van der Waals surface area contributed by atoms with E-state index in [9.17, 15) is 0 Å². The first kappa shape index (κ1) is 10.2. The van der Waals surface area contributed by atoms with Gasteiger partial charge >= 0.3 is 0 Å². The molecule has 2 aliphatic carbocycles. The summed E-state index contributed by atoms with van der Waals surface area (Å²) in [6, 6.07) is 1.37. The third-order valence-corrected chi connectivity index (χ3v) is 3.47. The van der Waals surface area contributed by atoms with Gasteiger partial charge in [-0.15, -0.1) is 0 Å². The number of hydrogen-bond donors (Lipinski definition) is 1. The molecule has 0 saturated heterocycles. The summed E-state index contributed by atoms with van der Waals surface area (Å²) in [6.07, 6.45) is 14.1. The van der Waals surface area contributed by atoms with Gasteiger partial charge in [-0.3, -0.25) is 5.43 Å². The molecule has 0 aromatic heterocycles. The van der Waals surface area contributed by atoms with Gasteiger partial charge in [-0.05, 0) is 32.1 Å².